The van der Waals surface area contributed by atoms with E-state index in [0.717, 1.165) is 12.1 Å². The van der Waals surface area contributed by atoms with Crippen LogP contribution in [0.1, 0.15) is 37.4 Å². The van der Waals surface area contributed by atoms with Crippen molar-refractivity contribution in [1.29, 1.82) is 0 Å². The first-order valence-corrected chi connectivity index (χ1v) is 7.39. The van der Waals surface area contributed by atoms with E-state index in [2.05, 4.69) is 15.9 Å². The Morgan fingerprint density at radius 2 is 1.86 bits per heavy atom. The van der Waals surface area contributed by atoms with Crippen LogP contribution >= 0.6 is 15.9 Å². The Bertz CT molecular complexity index is 517. The van der Waals surface area contributed by atoms with Crippen LogP contribution < -0.4 is 0 Å². The first-order valence-electron chi connectivity index (χ1n) is 6.60. The number of benzene rings is 1. The molecule has 0 bridgehead atoms. The summed E-state index contributed by atoms with van der Waals surface area (Å²) >= 11 is 2.88. The maximum absolute atomic E-state index is 13.9. The van der Waals surface area contributed by atoms with E-state index < -0.39 is 41.3 Å². The van der Waals surface area contributed by atoms with Crippen molar-refractivity contribution < 1.29 is 27.1 Å². The summed E-state index contributed by atoms with van der Waals surface area (Å²) in [5, 5.41) is 10.1. The van der Waals surface area contributed by atoms with Crippen molar-refractivity contribution in [1.82, 2.24) is 0 Å². The second kappa shape index (κ2) is 6.20. The second-order valence-corrected chi connectivity index (χ2v) is 6.22. The van der Waals surface area contributed by atoms with E-state index in [1.807, 2.05) is 0 Å². The van der Waals surface area contributed by atoms with Crippen LogP contribution in [0.15, 0.2) is 16.6 Å². The van der Waals surface area contributed by atoms with Crippen molar-refractivity contribution in [2.75, 3.05) is 0 Å². The summed E-state index contributed by atoms with van der Waals surface area (Å²) in [7, 11) is 0. The van der Waals surface area contributed by atoms with E-state index in [1.165, 1.54) is 0 Å². The van der Waals surface area contributed by atoms with Crippen LogP contribution in [-0.4, -0.2) is 11.3 Å². The van der Waals surface area contributed by atoms with Crippen molar-refractivity contribution >= 4 is 15.9 Å². The lowest BCUT2D eigenvalue weighted by Crippen LogP contribution is -2.31. The Morgan fingerprint density at radius 1 is 1.19 bits per heavy atom. The largest absolute Gasteiger partial charge is 0.391 e. The third-order valence-corrected chi connectivity index (χ3v) is 4.61. The van der Waals surface area contributed by atoms with Crippen LogP contribution in [0.3, 0.4) is 0 Å². The van der Waals surface area contributed by atoms with E-state index in [1.54, 1.807) is 0 Å². The highest BCUT2D eigenvalue weighted by atomic mass is 79.9. The van der Waals surface area contributed by atoms with Gasteiger partial charge < -0.3 is 5.11 Å². The summed E-state index contributed by atoms with van der Waals surface area (Å²) in [5.41, 5.74) is -0.558. The maximum atomic E-state index is 13.9. The lowest BCUT2D eigenvalue weighted by atomic mass is 9.76. The highest BCUT2D eigenvalue weighted by molar-refractivity contribution is 9.10. The summed E-state index contributed by atoms with van der Waals surface area (Å²) in [5.74, 6) is -4.23. The van der Waals surface area contributed by atoms with Gasteiger partial charge in [0.2, 0.25) is 0 Å². The molecule has 3 unspecified atom stereocenters. The molecule has 118 valence electrons. The fourth-order valence-electron chi connectivity index (χ4n) is 2.86. The summed E-state index contributed by atoms with van der Waals surface area (Å²) in [6.07, 6.45) is -5.63. The summed E-state index contributed by atoms with van der Waals surface area (Å²) in [6, 6.07) is 2.13. The Morgan fingerprint density at radius 3 is 2.48 bits per heavy atom. The van der Waals surface area contributed by atoms with Crippen LogP contribution in [0.2, 0.25) is 0 Å². The fourth-order valence-corrected chi connectivity index (χ4v) is 3.21. The van der Waals surface area contributed by atoms with E-state index in [-0.39, 0.29) is 23.7 Å². The number of aliphatic hydroxyl groups is 1. The Balaban J connectivity index is 2.24. The van der Waals surface area contributed by atoms with Gasteiger partial charge in [-0.05, 0) is 53.2 Å². The molecule has 3 atom stereocenters. The number of hydrogen-bond donors (Lipinski definition) is 1. The van der Waals surface area contributed by atoms with Gasteiger partial charge in [0.05, 0.1) is 22.1 Å². The van der Waals surface area contributed by atoms with Crippen molar-refractivity contribution in [3.63, 3.8) is 0 Å². The van der Waals surface area contributed by atoms with Gasteiger partial charge in [-0.1, -0.05) is 6.42 Å². The van der Waals surface area contributed by atoms with Crippen LogP contribution in [-0.2, 0) is 0 Å². The number of aliphatic hydroxyl groups excluding tert-OH is 1. The smallest absolute Gasteiger partial charge is 0.388 e. The second-order valence-electron chi connectivity index (χ2n) is 5.37. The Labute approximate surface area is 127 Å². The van der Waals surface area contributed by atoms with Crippen LogP contribution in [0, 0.1) is 23.5 Å². The molecule has 1 aromatic carbocycles. The van der Waals surface area contributed by atoms with Gasteiger partial charge in [0, 0.05) is 0 Å². The van der Waals surface area contributed by atoms with Gasteiger partial charge in [-0.2, -0.15) is 13.2 Å². The molecular formula is C14H14BrF5O. The molecule has 0 spiro atoms. The molecule has 0 radical (unpaired) electrons. The molecule has 2 rings (SSSR count). The van der Waals surface area contributed by atoms with Gasteiger partial charge in [-0.25, -0.2) is 8.78 Å². The van der Waals surface area contributed by atoms with Crippen molar-refractivity contribution in [2.24, 2.45) is 11.8 Å². The summed E-state index contributed by atoms with van der Waals surface area (Å²) in [6.45, 7) is 0. The topological polar surface area (TPSA) is 20.2 Å². The van der Waals surface area contributed by atoms with Crippen molar-refractivity contribution in [2.45, 2.75) is 38.0 Å². The lowest BCUT2D eigenvalue weighted by molar-refractivity contribution is -0.189. The first kappa shape index (κ1) is 16.7. The minimum Gasteiger partial charge on any atom is -0.388 e. The monoisotopic (exact) mass is 372 g/mol. The standard InChI is InChI=1S/C14H14BrF5O/c15-9-4-5-10(16)11(12(9)17)13(21)7-2-1-3-8(6-7)14(18,19)20/h4-5,7-8,13,21H,1-3,6H2. The third-order valence-electron chi connectivity index (χ3n) is 4.00. The lowest BCUT2D eigenvalue weighted by Gasteiger charge is -2.33. The van der Waals surface area contributed by atoms with Crippen LogP contribution in [0.25, 0.3) is 0 Å². The average molecular weight is 373 g/mol. The molecule has 1 aromatic rings. The maximum Gasteiger partial charge on any atom is 0.391 e. The zero-order valence-electron chi connectivity index (χ0n) is 10.9. The van der Waals surface area contributed by atoms with Crippen LogP contribution in [0.4, 0.5) is 22.0 Å². The number of halogens is 6. The minimum atomic E-state index is -4.34. The third kappa shape index (κ3) is 3.56. The quantitative estimate of drug-likeness (QED) is 0.563. The average Bonchev–Trinajstić information content (AvgIpc) is 2.42. The highest BCUT2D eigenvalue weighted by Gasteiger charge is 2.44. The number of rotatable bonds is 2. The SMILES string of the molecule is OC(c1c(F)ccc(Br)c1F)C1CCCC(C(F)(F)F)C1. The van der Waals surface area contributed by atoms with Gasteiger partial charge in [-0.3, -0.25) is 0 Å². The molecule has 1 aliphatic carbocycles. The summed E-state index contributed by atoms with van der Waals surface area (Å²) in [4.78, 5) is 0. The van der Waals surface area contributed by atoms with Gasteiger partial charge in [0.1, 0.15) is 11.6 Å². The molecule has 1 N–H and O–H groups in total. The molecule has 21 heavy (non-hydrogen) atoms. The highest BCUT2D eigenvalue weighted by Crippen LogP contribution is 2.44. The van der Waals surface area contributed by atoms with Gasteiger partial charge >= 0.3 is 6.18 Å². The van der Waals surface area contributed by atoms with Crippen molar-refractivity contribution in [3.8, 4) is 0 Å². The van der Waals surface area contributed by atoms with Crippen molar-refractivity contribution in [3.05, 3.63) is 33.8 Å². The molecule has 0 saturated heterocycles. The molecule has 0 amide bonds. The Hall–Kier alpha value is -0.690. The van der Waals surface area contributed by atoms with Gasteiger partial charge in [0.15, 0.2) is 0 Å². The van der Waals surface area contributed by atoms with E-state index in [4.69, 9.17) is 0 Å². The van der Waals surface area contributed by atoms with Crippen LogP contribution in [0.5, 0.6) is 0 Å². The molecule has 0 aliphatic heterocycles. The van der Waals surface area contributed by atoms with Gasteiger partial charge in [0.25, 0.3) is 0 Å². The normalized spacial score (nSPS) is 24.9. The predicted octanol–water partition coefficient (Wildman–Crippen LogP) is 5.13. The molecular weight excluding hydrogens is 359 g/mol. The first-order chi connectivity index (χ1) is 9.71. The molecule has 1 saturated carbocycles. The zero-order chi connectivity index (χ0) is 15.8. The fraction of sp³-hybridized carbons (Fsp3) is 0.571. The zero-order valence-corrected chi connectivity index (χ0v) is 12.5. The predicted molar refractivity (Wildman–Crippen MR) is 70.5 cm³/mol. The Kier molecular flexibility index (Phi) is 4.92. The van der Waals surface area contributed by atoms with E-state index >= 15 is 0 Å². The number of hydrogen-bond acceptors (Lipinski definition) is 1. The molecule has 1 fully saturated rings. The van der Waals surface area contributed by atoms with Gasteiger partial charge in [-0.15, -0.1) is 0 Å². The molecule has 0 heterocycles. The van der Waals surface area contributed by atoms with E-state index in [0.29, 0.717) is 6.42 Å². The molecule has 7 heteroatoms. The number of alkyl halides is 3. The minimum absolute atomic E-state index is 0.00380. The summed E-state index contributed by atoms with van der Waals surface area (Å²) < 4.78 is 65.9. The molecule has 0 aromatic heterocycles. The molecule has 1 nitrogen and oxygen atoms in total. The molecule has 1 aliphatic rings. The van der Waals surface area contributed by atoms with E-state index in [9.17, 15) is 27.1 Å².